The van der Waals surface area contributed by atoms with Crippen molar-refractivity contribution in [3.05, 3.63) is 82.9 Å². The molecule has 3 aromatic carbocycles. The molecule has 0 saturated heterocycles. The van der Waals surface area contributed by atoms with Gasteiger partial charge in [-0.1, -0.05) is 72.3 Å². The summed E-state index contributed by atoms with van der Waals surface area (Å²) in [6, 6.07) is 22.4. The van der Waals surface area contributed by atoms with E-state index in [9.17, 15) is 4.79 Å². The Kier molecular flexibility index (Phi) is 5.69. The molecule has 4 heteroatoms. The van der Waals surface area contributed by atoms with Gasteiger partial charge < -0.3 is 10.6 Å². The first kappa shape index (κ1) is 17.5. The second-order valence-corrected chi connectivity index (χ2v) is 6.57. The normalized spacial score (nSPS) is 12.1. The number of halogens is 1. The Morgan fingerprint density at radius 3 is 2.60 bits per heavy atom. The first-order chi connectivity index (χ1) is 12.1. The van der Waals surface area contributed by atoms with Crippen molar-refractivity contribution >= 4 is 28.3 Å². The van der Waals surface area contributed by atoms with Crippen LogP contribution in [0.5, 0.6) is 0 Å². The zero-order valence-corrected chi connectivity index (χ0v) is 15.0. The number of carbonyl (C=O) groups is 1. The lowest BCUT2D eigenvalue weighted by Gasteiger charge is -2.14. The monoisotopic (exact) mass is 353 g/mol. The molecule has 128 valence electrons. The first-order valence-corrected chi connectivity index (χ1v) is 8.84. The van der Waals surface area contributed by atoms with Crippen molar-refractivity contribution in [2.24, 2.45) is 0 Å². The van der Waals surface area contributed by atoms with Gasteiger partial charge in [0.15, 0.2) is 6.54 Å². The molecule has 3 N–H and O–H groups in total. The summed E-state index contributed by atoms with van der Waals surface area (Å²) in [6.45, 7) is 2.97. The average molecular weight is 354 g/mol. The van der Waals surface area contributed by atoms with Crippen LogP contribution in [0.2, 0.25) is 5.02 Å². The SMILES string of the molecule is C[C@H]([NH2+]CC(=O)NCc1ccccc1Cl)c1cccc2ccccc12. The molecular formula is C21H22ClN2O+. The lowest BCUT2D eigenvalue weighted by atomic mass is 10.00. The quantitative estimate of drug-likeness (QED) is 0.700. The molecule has 0 aliphatic rings. The number of fused-ring (bicyclic) bond motifs is 1. The van der Waals surface area contributed by atoms with Crippen molar-refractivity contribution < 1.29 is 10.1 Å². The Labute approximate surface area is 153 Å². The van der Waals surface area contributed by atoms with Gasteiger partial charge in [-0.2, -0.15) is 0 Å². The highest BCUT2D eigenvalue weighted by atomic mass is 35.5. The lowest BCUT2D eigenvalue weighted by Crippen LogP contribution is -2.87. The standard InChI is InChI=1S/C21H21ClN2O/c1-15(18-11-6-9-16-7-2-4-10-19(16)18)23-14-21(25)24-13-17-8-3-5-12-20(17)22/h2-12,15,23H,13-14H2,1H3,(H,24,25)/p+1/t15-/m0/s1. The van der Waals surface area contributed by atoms with Crippen LogP contribution in [0.3, 0.4) is 0 Å². The molecule has 0 saturated carbocycles. The minimum atomic E-state index is 0.00649. The van der Waals surface area contributed by atoms with Gasteiger partial charge in [0.05, 0.1) is 0 Å². The van der Waals surface area contributed by atoms with Crippen LogP contribution in [0.15, 0.2) is 66.7 Å². The molecule has 0 aromatic heterocycles. The van der Waals surface area contributed by atoms with Crippen molar-refractivity contribution in [2.75, 3.05) is 6.54 Å². The van der Waals surface area contributed by atoms with Gasteiger partial charge in [0, 0.05) is 17.1 Å². The van der Waals surface area contributed by atoms with E-state index in [4.69, 9.17) is 11.6 Å². The third-order valence-corrected chi connectivity index (χ3v) is 4.77. The zero-order valence-electron chi connectivity index (χ0n) is 14.2. The molecule has 1 amide bonds. The summed E-state index contributed by atoms with van der Waals surface area (Å²) in [5.74, 6) is 0.00649. The fourth-order valence-corrected chi connectivity index (χ4v) is 3.17. The average Bonchev–Trinajstić information content (AvgIpc) is 2.65. The van der Waals surface area contributed by atoms with Crippen molar-refractivity contribution in [3.63, 3.8) is 0 Å². The minimum absolute atomic E-state index is 0.00649. The third kappa shape index (κ3) is 4.38. The number of rotatable bonds is 6. The molecule has 3 rings (SSSR count). The topological polar surface area (TPSA) is 45.7 Å². The highest BCUT2D eigenvalue weighted by molar-refractivity contribution is 6.31. The summed E-state index contributed by atoms with van der Waals surface area (Å²) in [7, 11) is 0. The van der Waals surface area contributed by atoms with Crippen LogP contribution < -0.4 is 10.6 Å². The smallest absolute Gasteiger partial charge is 0.275 e. The van der Waals surface area contributed by atoms with Gasteiger partial charge in [0.1, 0.15) is 6.04 Å². The van der Waals surface area contributed by atoms with Gasteiger partial charge in [0.2, 0.25) is 0 Å². The first-order valence-electron chi connectivity index (χ1n) is 8.46. The van der Waals surface area contributed by atoms with Gasteiger partial charge in [-0.3, -0.25) is 4.79 Å². The van der Waals surface area contributed by atoms with Gasteiger partial charge in [-0.15, -0.1) is 0 Å². The predicted octanol–water partition coefficient (Wildman–Crippen LogP) is 3.43. The Hall–Kier alpha value is -2.36. The van der Waals surface area contributed by atoms with Crippen LogP contribution >= 0.6 is 11.6 Å². The van der Waals surface area contributed by atoms with Crippen LogP contribution in [-0.4, -0.2) is 12.5 Å². The van der Waals surface area contributed by atoms with E-state index in [1.807, 2.05) is 30.3 Å². The van der Waals surface area contributed by atoms with Gasteiger partial charge in [-0.25, -0.2) is 0 Å². The molecule has 0 fully saturated rings. The van der Waals surface area contributed by atoms with Crippen molar-refractivity contribution in [1.29, 1.82) is 0 Å². The van der Waals surface area contributed by atoms with Gasteiger partial charge in [-0.05, 0) is 29.3 Å². The van der Waals surface area contributed by atoms with Crippen LogP contribution in [0.4, 0.5) is 0 Å². The van der Waals surface area contributed by atoms with Crippen molar-refractivity contribution in [3.8, 4) is 0 Å². The fourth-order valence-electron chi connectivity index (χ4n) is 2.97. The third-order valence-electron chi connectivity index (χ3n) is 4.40. The van der Waals surface area contributed by atoms with E-state index in [1.165, 1.54) is 16.3 Å². The summed E-state index contributed by atoms with van der Waals surface area (Å²) in [6.07, 6.45) is 0. The maximum Gasteiger partial charge on any atom is 0.275 e. The van der Waals surface area contributed by atoms with E-state index in [0.717, 1.165) is 5.56 Å². The predicted molar refractivity (Wildman–Crippen MR) is 102 cm³/mol. The molecule has 0 heterocycles. The number of nitrogens with two attached hydrogens (primary N) is 1. The number of benzene rings is 3. The molecule has 3 nitrogen and oxygen atoms in total. The number of carbonyl (C=O) groups excluding carboxylic acids is 1. The zero-order chi connectivity index (χ0) is 17.6. The molecular weight excluding hydrogens is 332 g/mol. The number of hydrogen-bond donors (Lipinski definition) is 2. The van der Waals surface area contributed by atoms with Crippen LogP contribution in [0.1, 0.15) is 24.1 Å². The molecule has 25 heavy (non-hydrogen) atoms. The second kappa shape index (κ2) is 8.15. The Morgan fingerprint density at radius 1 is 1.04 bits per heavy atom. The van der Waals surface area contributed by atoms with Gasteiger partial charge in [0.25, 0.3) is 5.91 Å². The summed E-state index contributed by atoms with van der Waals surface area (Å²) in [5, 5.41) is 8.13. The summed E-state index contributed by atoms with van der Waals surface area (Å²) in [4.78, 5) is 12.1. The van der Waals surface area contributed by atoms with E-state index in [1.54, 1.807) is 0 Å². The number of hydrogen-bond acceptors (Lipinski definition) is 1. The molecule has 0 aliphatic heterocycles. The van der Waals surface area contributed by atoms with E-state index in [-0.39, 0.29) is 11.9 Å². The maximum absolute atomic E-state index is 12.1. The van der Waals surface area contributed by atoms with E-state index in [0.29, 0.717) is 18.1 Å². The highest BCUT2D eigenvalue weighted by Gasteiger charge is 2.14. The number of nitrogens with one attached hydrogen (secondary N) is 1. The van der Waals surface area contributed by atoms with Crippen LogP contribution in [-0.2, 0) is 11.3 Å². The van der Waals surface area contributed by atoms with Gasteiger partial charge >= 0.3 is 0 Å². The number of amides is 1. The van der Waals surface area contributed by atoms with E-state index >= 15 is 0 Å². The fraction of sp³-hybridized carbons (Fsp3) is 0.190. The molecule has 0 spiro atoms. The Balaban J connectivity index is 1.57. The molecule has 0 aliphatic carbocycles. The molecule has 0 unspecified atom stereocenters. The van der Waals surface area contributed by atoms with Crippen LogP contribution in [0.25, 0.3) is 10.8 Å². The summed E-state index contributed by atoms with van der Waals surface area (Å²) >= 11 is 6.11. The Bertz CT molecular complexity index is 873. The number of quaternary nitrogens is 1. The molecule has 3 aromatic rings. The van der Waals surface area contributed by atoms with Crippen LogP contribution in [0, 0.1) is 0 Å². The summed E-state index contributed by atoms with van der Waals surface area (Å²) in [5.41, 5.74) is 2.18. The largest absolute Gasteiger partial charge is 0.347 e. The van der Waals surface area contributed by atoms with E-state index < -0.39 is 0 Å². The molecule has 0 radical (unpaired) electrons. The second-order valence-electron chi connectivity index (χ2n) is 6.17. The minimum Gasteiger partial charge on any atom is -0.347 e. The van der Waals surface area contributed by atoms with Crippen molar-refractivity contribution in [1.82, 2.24) is 5.32 Å². The maximum atomic E-state index is 12.1. The lowest BCUT2D eigenvalue weighted by molar-refractivity contribution is -0.682. The highest BCUT2D eigenvalue weighted by Crippen LogP contribution is 2.22. The summed E-state index contributed by atoms with van der Waals surface area (Å²) < 4.78 is 0. The molecule has 0 bridgehead atoms. The molecule has 1 atom stereocenters. The Morgan fingerprint density at radius 2 is 1.76 bits per heavy atom. The van der Waals surface area contributed by atoms with Crippen molar-refractivity contribution in [2.45, 2.75) is 19.5 Å². The van der Waals surface area contributed by atoms with E-state index in [2.05, 4.69) is 54.0 Å².